The molecule has 0 aliphatic carbocycles. The smallest absolute Gasteiger partial charge is 0.407 e. The van der Waals surface area contributed by atoms with E-state index >= 15 is 0 Å². The zero-order valence-electron chi connectivity index (χ0n) is 17.1. The Morgan fingerprint density at radius 3 is 2.33 bits per heavy atom. The number of carboxylic acids is 1. The molecule has 0 unspecified atom stereocenters. The Balaban J connectivity index is 2.74. The van der Waals surface area contributed by atoms with Crippen LogP contribution in [0.3, 0.4) is 0 Å². The van der Waals surface area contributed by atoms with Crippen molar-refractivity contribution in [2.45, 2.75) is 71.9 Å². The first-order chi connectivity index (χ1) is 12.6. The van der Waals surface area contributed by atoms with Crippen LogP contribution in [0.1, 0.15) is 59.4 Å². The first-order valence-corrected chi connectivity index (χ1v) is 9.54. The van der Waals surface area contributed by atoms with Crippen LogP contribution in [0.25, 0.3) is 0 Å². The lowest BCUT2D eigenvalue weighted by Gasteiger charge is -2.24. The van der Waals surface area contributed by atoms with Crippen LogP contribution in [-0.4, -0.2) is 35.4 Å². The Kier molecular flexibility index (Phi) is 9.12. The van der Waals surface area contributed by atoms with Crippen molar-refractivity contribution in [2.75, 3.05) is 6.61 Å². The summed E-state index contributed by atoms with van der Waals surface area (Å²) < 4.78 is 11.0. The van der Waals surface area contributed by atoms with Crippen LogP contribution >= 0.6 is 0 Å². The summed E-state index contributed by atoms with van der Waals surface area (Å²) in [6, 6.07) is 7.34. The number of hydrogen-bond donors (Lipinski definition) is 2. The molecule has 27 heavy (non-hydrogen) atoms. The van der Waals surface area contributed by atoms with Gasteiger partial charge >= 0.3 is 12.1 Å². The highest BCUT2D eigenvalue weighted by Crippen LogP contribution is 2.17. The number of aliphatic carboxylic acids is 1. The number of amides is 1. The summed E-state index contributed by atoms with van der Waals surface area (Å²) in [6.07, 6.45) is 2.40. The quantitative estimate of drug-likeness (QED) is 0.588. The Labute approximate surface area is 162 Å². The zero-order valence-corrected chi connectivity index (χ0v) is 17.1. The number of nitrogens with one attached hydrogen (secondary N) is 1. The van der Waals surface area contributed by atoms with Gasteiger partial charge in [-0.1, -0.05) is 32.4 Å². The topological polar surface area (TPSA) is 84.9 Å². The molecule has 1 amide bonds. The molecule has 2 N–H and O–H groups in total. The van der Waals surface area contributed by atoms with E-state index in [1.807, 2.05) is 24.3 Å². The summed E-state index contributed by atoms with van der Waals surface area (Å²) in [7, 11) is 0. The minimum Gasteiger partial charge on any atom is -0.494 e. The Hall–Kier alpha value is -2.24. The molecule has 2 atom stereocenters. The third-order valence-electron chi connectivity index (χ3n) is 3.95. The molecule has 0 spiro atoms. The molecule has 0 fully saturated rings. The Morgan fingerprint density at radius 1 is 1.19 bits per heavy atom. The molecule has 0 aliphatic rings. The standard InChI is InChI=1S/C21H33NO5/c1-6-7-12-26-18-10-8-16(9-11-18)14-17(13-15(2)19(23)24)22-20(25)27-21(3,4)5/h8-11,15,17H,6-7,12-14H2,1-5H3,(H,22,25)(H,23,24)/t15-,17+/m0/s1. The van der Waals surface area contributed by atoms with E-state index in [4.69, 9.17) is 9.47 Å². The largest absolute Gasteiger partial charge is 0.494 e. The average Bonchev–Trinajstić information content (AvgIpc) is 2.54. The summed E-state index contributed by atoms with van der Waals surface area (Å²) in [5.41, 5.74) is 0.390. The van der Waals surface area contributed by atoms with Crippen molar-refractivity contribution in [2.24, 2.45) is 5.92 Å². The maximum atomic E-state index is 12.1. The van der Waals surface area contributed by atoms with Crippen molar-refractivity contribution in [3.05, 3.63) is 29.8 Å². The fourth-order valence-corrected chi connectivity index (χ4v) is 2.54. The van der Waals surface area contributed by atoms with Gasteiger partial charge in [-0.3, -0.25) is 4.79 Å². The van der Waals surface area contributed by atoms with Gasteiger partial charge in [-0.25, -0.2) is 4.79 Å². The van der Waals surface area contributed by atoms with E-state index in [0.29, 0.717) is 19.4 Å². The molecular formula is C21H33NO5. The lowest BCUT2D eigenvalue weighted by molar-refractivity contribution is -0.141. The maximum Gasteiger partial charge on any atom is 0.407 e. The lowest BCUT2D eigenvalue weighted by atomic mass is 9.96. The second-order valence-electron chi connectivity index (χ2n) is 7.87. The van der Waals surface area contributed by atoms with Crippen molar-refractivity contribution in [1.29, 1.82) is 0 Å². The Morgan fingerprint density at radius 2 is 1.81 bits per heavy atom. The van der Waals surface area contributed by atoms with Gasteiger partial charge in [0.15, 0.2) is 0 Å². The van der Waals surface area contributed by atoms with Crippen LogP contribution < -0.4 is 10.1 Å². The van der Waals surface area contributed by atoms with Gasteiger partial charge in [-0.2, -0.15) is 0 Å². The molecule has 0 aliphatic heterocycles. The molecule has 6 heteroatoms. The van der Waals surface area contributed by atoms with Crippen molar-refractivity contribution in [1.82, 2.24) is 5.32 Å². The number of ether oxygens (including phenoxy) is 2. The van der Waals surface area contributed by atoms with Crippen LogP contribution in [0.4, 0.5) is 4.79 Å². The van der Waals surface area contributed by atoms with Crippen molar-refractivity contribution in [3.8, 4) is 5.75 Å². The highest BCUT2D eigenvalue weighted by atomic mass is 16.6. The summed E-state index contributed by atoms with van der Waals surface area (Å²) in [4.78, 5) is 23.3. The van der Waals surface area contributed by atoms with E-state index in [1.54, 1.807) is 27.7 Å². The van der Waals surface area contributed by atoms with Crippen molar-refractivity contribution < 1.29 is 24.2 Å². The summed E-state index contributed by atoms with van der Waals surface area (Å²) in [5.74, 6) is -0.644. The first-order valence-electron chi connectivity index (χ1n) is 9.54. The summed E-state index contributed by atoms with van der Waals surface area (Å²) in [6.45, 7) is 9.81. The minimum atomic E-state index is -0.884. The molecule has 0 bridgehead atoms. The molecule has 0 heterocycles. The number of carbonyl (C=O) groups is 2. The van der Waals surface area contributed by atoms with E-state index in [2.05, 4.69) is 12.2 Å². The van der Waals surface area contributed by atoms with Gasteiger partial charge in [0.25, 0.3) is 0 Å². The molecular weight excluding hydrogens is 346 g/mol. The summed E-state index contributed by atoms with van der Waals surface area (Å²) in [5, 5.41) is 12.0. The van der Waals surface area contributed by atoms with Gasteiger partial charge < -0.3 is 19.9 Å². The van der Waals surface area contributed by atoms with Crippen molar-refractivity contribution >= 4 is 12.1 Å². The number of hydrogen-bond acceptors (Lipinski definition) is 4. The molecule has 1 rings (SSSR count). The molecule has 152 valence electrons. The molecule has 0 aromatic heterocycles. The van der Waals surface area contributed by atoms with Gasteiger partial charge in [0.2, 0.25) is 0 Å². The van der Waals surface area contributed by atoms with E-state index in [9.17, 15) is 14.7 Å². The number of unbranched alkanes of at least 4 members (excludes halogenated alkanes) is 1. The van der Waals surface area contributed by atoms with Gasteiger partial charge in [0, 0.05) is 6.04 Å². The van der Waals surface area contributed by atoms with Crippen LogP contribution in [0.2, 0.25) is 0 Å². The Bertz CT molecular complexity index is 592. The third kappa shape index (κ3) is 9.87. The van der Waals surface area contributed by atoms with Crippen LogP contribution in [0, 0.1) is 5.92 Å². The number of rotatable bonds is 10. The molecule has 1 aromatic carbocycles. The monoisotopic (exact) mass is 379 g/mol. The van der Waals surface area contributed by atoms with Gasteiger partial charge in [0.1, 0.15) is 11.4 Å². The molecule has 0 saturated carbocycles. The first kappa shape index (κ1) is 22.8. The van der Waals surface area contributed by atoms with Gasteiger partial charge in [-0.05, 0) is 57.7 Å². The van der Waals surface area contributed by atoms with Gasteiger partial charge in [-0.15, -0.1) is 0 Å². The lowest BCUT2D eigenvalue weighted by Crippen LogP contribution is -2.41. The van der Waals surface area contributed by atoms with Crippen molar-refractivity contribution in [3.63, 3.8) is 0 Å². The predicted molar refractivity (Wildman–Crippen MR) is 105 cm³/mol. The van der Waals surface area contributed by atoms with Crippen LogP contribution in [0.15, 0.2) is 24.3 Å². The highest BCUT2D eigenvalue weighted by molar-refractivity contribution is 5.70. The normalized spacial score (nSPS) is 13.5. The van der Waals surface area contributed by atoms with E-state index < -0.39 is 23.6 Å². The number of carboxylic acid groups (broad SMARTS) is 1. The molecule has 6 nitrogen and oxygen atoms in total. The number of benzene rings is 1. The summed E-state index contributed by atoms with van der Waals surface area (Å²) >= 11 is 0. The van der Waals surface area contributed by atoms with Gasteiger partial charge in [0.05, 0.1) is 12.5 Å². The van der Waals surface area contributed by atoms with E-state index in [-0.39, 0.29) is 6.04 Å². The van der Waals surface area contributed by atoms with E-state index in [0.717, 1.165) is 24.2 Å². The SMILES string of the molecule is CCCCOc1ccc(C[C@@H](C[C@H](C)C(=O)O)NC(=O)OC(C)(C)C)cc1. The van der Waals surface area contributed by atoms with Crippen LogP contribution in [-0.2, 0) is 16.0 Å². The fourth-order valence-electron chi connectivity index (χ4n) is 2.54. The molecule has 1 aromatic rings. The average molecular weight is 379 g/mol. The van der Waals surface area contributed by atoms with Crippen LogP contribution in [0.5, 0.6) is 5.75 Å². The maximum absolute atomic E-state index is 12.1. The zero-order chi connectivity index (χ0) is 20.4. The highest BCUT2D eigenvalue weighted by Gasteiger charge is 2.23. The van der Waals surface area contributed by atoms with E-state index in [1.165, 1.54) is 0 Å². The fraction of sp³-hybridized carbons (Fsp3) is 0.619. The minimum absolute atomic E-state index is 0.323. The third-order valence-corrected chi connectivity index (χ3v) is 3.95. The second-order valence-corrected chi connectivity index (χ2v) is 7.87. The second kappa shape index (κ2) is 10.8. The molecule has 0 radical (unpaired) electrons. The number of alkyl carbamates (subject to hydrolysis) is 1. The number of carbonyl (C=O) groups excluding carboxylic acids is 1. The predicted octanol–water partition coefficient (Wildman–Crippen LogP) is 4.41. The molecule has 0 saturated heterocycles.